The van der Waals surface area contributed by atoms with Crippen LogP contribution >= 0.6 is 0 Å². The molecule has 0 unspecified atom stereocenters. The molecule has 25 heavy (non-hydrogen) atoms. The van der Waals surface area contributed by atoms with E-state index in [1.807, 2.05) is 55.5 Å². The van der Waals surface area contributed by atoms with Crippen molar-refractivity contribution >= 4 is 11.8 Å². The number of nitrogens with zero attached hydrogens (tertiary/aromatic N) is 1. The van der Waals surface area contributed by atoms with Crippen molar-refractivity contribution in [2.24, 2.45) is 0 Å². The number of morpholine rings is 1. The van der Waals surface area contributed by atoms with Gasteiger partial charge in [-0.25, -0.2) is 0 Å². The molecule has 5 nitrogen and oxygen atoms in total. The summed E-state index contributed by atoms with van der Waals surface area (Å²) in [5.74, 6) is -0.343. The van der Waals surface area contributed by atoms with Gasteiger partial charge in [0, 0.05) is 18.7 Å². The third-order valence-electron chi connectivity index (χ3n) is 4.37. The molecule has 3 rings (SSSR count). The smallest absolute Gasteiger partial charge is 0.252 e. The number of aryl methyl sites for hydroxylation is 1. The van der Waals surface area contributed by atoms with Crippen LogP contribution in [0.15, 0.2) is 54.6 Å². The van der Waals surface area contributed by atoms with Gasteiger partial charge in [0.1, 0.15) is 6.04 Å². The Bertz CT molecular complexity index is 740. The number of carbonyl (C=O) groups is 2. The van der Waals surface area contributed by atoms with Crippen LogP contribution in [0.5, 0.6) is 0 Å². The van der Waals surface area contributed by atoms with Gasteiger partial charge in [-0.15, -0.1) is 0 Å². The molecule has 0 aliphatic carbocycles. The van der Waals surface area contributed by atoms with Crippen molar-refractivity contribution in [2.75, 3.05) is 26.3 Å². The van der Waals surface area contributed by atoms with Gasteiger partial charge >= 0.3 is 0 Å². The number of amides is 2. The molecule has 1 fully saturated rings. The van der Waals surface area contributed by atoms with Crippen LogP contribution in [0.4, 0.5) is 0 Å². The molecule has 0 radical (unpaired) electrons. The molecule has 1 aliphatic heterocycles. The average molecular weight is 338 g/mol. The van der Waals surface area contributed by atoms with E-state index < -0.39 is 6.04 Å². The minimum Gasteiger partial charge on any atom is -0.378 e. The summed E-state index contributed by atoms with van der Waals surface area (Å²) < 4.78 is 5.32. The molecule has 1 saturated heterocycles. The van der Waals surface area contributed by atoms with Gasteiger partial charge in [0.25, 0.3) is 5.91 Å². The average Bonchev–Trinajstić information content (AvgIpc) is 2.67. The summed E-state index contributed by atoms with van der Waals surface area (Å²) in [5.41, 5.74) is 2.24. The van der Waals surface area contributed by atoms with Crippen molar-refractivity contribution in [2.45, 2.75) is 13.0 Å². The second-order valence-corrected chi connectivity index (χ2v) is 6.07. The Balaban J connectivity index is 1.85. The Morgan fingerprint density at radius 1 is 1.00 bits per heavy atom. The highest BCUT2D eigenvalue weighted by Gasteiger charge is 2.29. The Morgan fingerprint density at radius 2 is 1.64 bits per heavy atom. The number of carbonyl (C=O) groups excluding carboxylic acids is 2. The quantitative estimate of drug-likeness (QED) is 0.931. The molecule has 1 heterocycles. The molecule has 1 atom stereocenters. The van der Waals surface area contributed by atoms with Crippen molar-refractivity contribution in [3.05, 3.63) is 71.3 Å². The zero-order valence-electron chi connectivity index (χ0n) is 14.3. The lowest BCUT2D eigenvalue weighted by Crippen LogP contribution is -2.47. The lowest BCUT2D eigenvalue weighted by atomic mass is 10.0. The van der Waals surface area contributed by atoms with Crippen LogP contribution in [0.1, 0.15) is 27.5 Å². The van der Waals surface area contributed by atoms with Crippen molar-refractivity contribution in [1.29, 1.82) is 0 Å². The van der Waals surface area contributed by atoms with E-state index in [9.17, 15) is 9.59 Å². The maximum absolute atomic E-state index is 13.0. The SMILES string of the molecule is Cc1ccccc1C(=O)N[C@H](C(=O)N1CCOCC1)c1ccccc1. The molecule has 5 heteroatoms. The summed E-state index contributed by atoms with van der Waals surface area (Å²) in [6, 6.07) is 16.0. The number of hydrogen-bond donors (Lipinski definition) is 1. The lowest BCUT2D eigenvalue weighted by molar-refractivity contribution is -0.137. The summed E-state index contributed by atoms with van der Waals surface area (Å²) in [5, 5.41) is 2.92. The second kappa shape index (κ2) is 7.94. The Hall–Kier alpha value is -2.66. The van der Waals surface area contributed by atoms with Gasteiger partial charge in [-0.05, 0) is 24.1 Å². The molecule has 130 valence electrons. The second-order valence-electron chi connectivity index (χ2n) is 6.07. The van der Waals surface area contributed by atoms with E-state index in [4.69, 9.17) is 4.74 Å². The third kappa shape index (κ3) is 4.06. The first-order chi connectivity index (χ1) is 12.2. The van der Waals surface area contributed by atoms with Crippen LogP contribution in [-0.2, 0) is 9.53 Å². The minimum atomic E-state index is -0.702. The van der Waals surface area contributed by atoms with Crippen LogP contribution < -0.4 is 5.32 Å². The van der Waals surface area contributed by atoms with E-state index in [-0.39, 0.29) is 11.8 Å². The summed E-state index contributed by atoms with van der Waals surface area (Å²) >= 11 is 0. The number of hydrogen-bond acceptors (Lipinski definition) is 3. The van der Waals surface area contributed by atoms with Crippen molar-refractivity contribution in [3.63, 3.8) is 0 Å². The van der Waals surface area contributed by atoms with Crippen LogP contribution in [0, 0.1) is 6.92 Å². The largest absolute Gasteiger partial charge is 0.378 e. The highest BCUT2D eigenvalue weighted by atomic mass is 16.5. The first kappa shape index (κ1) is 17.2. The van der Waals surface area contributed by atoms with Crippen LogP contribution in [0.2, 0.25) is 0 Å². The van der Waals surface area contributed by atoms with E-state index in [0.29, 0.717) is 31.9 Å². The maximum Gasteiger partial charge on any atom is 0.252 e. The molecule has 2 amide bonds. The molecule has 0 bridgehead atoms. The highest BCUT2D eigenvalue weighted by Crippen LogP contribution is 2.18. The number of ether oxygens (including phenoxy) is 1. The van der Waals surface area contributed by atoms with Crippen LogP contribution in [0.3, 0.4) is 0 Å². The molecular weight excluding hydrogens is 316 g/mol. The fourth-order valence-corrected chi connectivity index (χ4v) is 2.94. The fourth-order valence-electron chi connectivity index (χ4n) is 2.94. The van der Waals surface area contributed by atoms with Crippen molar-refractivity contribution in [1.82, 2.24) is 10.2 Å². The number of benzene rings is 2. The highest BCUT2D eigenvalue weighted by molar-refractivity contribution is 5.98. The summed E-state index contributed by atoms with van der Waals surface area (Å²) in [6.07, 6.45) is 0. The molecule has 0 aromatic heterocycles. The molecular formula is C20H22N2O3. The topological polar surface area (TPSA) is 58.6 Å². The van der Waals surface area contributed by atoms with Gasteiger partial charge in [0.05, 0.1) is 13.2 Å². The first-order valence-electron chi connectivity index (χ1n) is 8.45. The Labute approximate surface area is 147 Å². The predicted octanol–water partition coefficient (Wildman–Crippen LogP) is 2.32. The molecule has 1 aliphatic rings. The summed E-state index contributed by atoms with van der Waals surface area (Å²) in [6.45, 7) is 4.03. The number of rotatable bonds is 4. The molecule has 0 spiro atoms. The lowest BCUT2D eigenvalue weighted by Gasteiger charge is -2.31. The Kier molecular flexibility index (Phi) is 5.46. The van der Waals surface area contributed by atoms with Crippen LogP contribution in [0.25, 0.3) is 0 Å². The van der Waals surface area contributed by atoms with E-state index in [0.717, 1.165) is 11.1 Å². The fraction of sp³-hybridized carbons (Fsp3) is 0.300. The van der Waals surface area contributed by atoms with Gasteiger partial charge in [0.15, 0.2) is 0 Å². The van der Waals surface area contributed by atoms with Gasteiger partial charge in [-0.2, -0.15) is 0 Å². The van der Waals surface area contributed by atoms with Crippen molar-refractivity contribution in [3.8, 4) is 0 Å². The monoisotopic (exact) mass is 338 g/mol. The summed E-state index contributed by atoms with van der Waals surface area (Å²) in [4.78, 5) is 27.5. The maximum atomic E-state index is 13.0. The third-order valence-corrected chi connectivity index (χ3v) is 4.37. The standard InChI is InChI=1S/C20H22N2O3/c1-15-7-5-6-10-17(15)19(23)21-18(16-8-3-2-4-9-16)20(24)22-11-13-25-14-12-22/h2-10,18H,11-14H2,1H3,(H,21,23)/t18-/m0/s1. The predicted molar refractivity (Wildman–Crippen MR) is 95.2 cm³/mol. The van der Waals surface area contributed by atoms with Crippen LogP contribution in [-0.4, -0.2) is 43.0 Å². The summed E-state index contributed by atoms with van der Waals surface area (Å²) in [7, 11) is 0. The van der Waals surface area contributed by atoms with Gasteiger partial charge in [0.2, 0.25) is 5.91 Å². The van der Waals surface area contributed by atoms with E-state index in [2.05, 4.69) is 5.32 Å². The van der Waals surface area contributed by atoms with Gasteiger partial charge < -0.3 is 15.0 Å². The molecule has 2 aromatic rings. The molecule has 0 saturated carbocycles. The van der Waals surface area contributed by atoms with E-state index in [1.54, 1.807) is 11.0 Å². The minimum absolute atomic E-state index is 0.101. The normalized spacial score (nSPS) is 15.5. The molecule has 1 N–H and O–H groups in total. The van der Waals surface area contributed by atoms with Crippen molar-refractivity contribution < 1.29 is 14.3 Å². The Morgan fingerprint density at radius 3 is 2.32 bits per heavy atom. The van der Waals surface area contributed by atoms with Gasteiger partial charge in [-0.3, -0.25) is 9.59 Å². The van der Waals surface area contributed by atoms with Gasteiger partial charge in [-0.1, -0.05) is 48.5 Å². The zero-order chi connectivity index (χ0) is 17.6. The van der Waals surface area contributed by atoms with E-state index >= 15 is 0 Å². The number of nitrogens with one attached hydrogen (secondary N) is 1. The van der Waals surface area contributed by atoms with E-state index in [1.165, 1.54) is 0 Å². The zero-order valence-corrected chi connectivity index (χ0v) is 14.3. The first-order valence-corrected chi connectivity index (χ1v) is 8.45. The molecule has 2 aromatic carbocycles.